The van der Waals surface area contributed by atoms with Gasteiger partial charge in [-0.1, -0.05) is 6.92 Å². The van der Waals surface area contributed by atoms with E-state index in [9.17, 15) is 14.4 Å². The molecule has 200 valence electrons. The van der Waals surface area contributed by atoms with Crippen molar-refractivity contribution in [3.63, 3.8) is 0 Å². The highest BCUT2D eigenvalue weighted by Crippen LogP contribution is 2.38. The van der Waals surface area contributed by atoms with Gasteiger partial charge in [0.2, 0.25) is 0 Å². The number of hydrogen-bond acceptors (Lipinski definition) is 7. The van der Waals surface area contributed by atoms with Gasteiger partial charge in [-0.25, -0.2) is 4.79 Å². The van der Waals surface area contributed by atoms with Crippen LogP contribution in [0.5, 0.6) is 5.75 Å². The van der Waals surface area contributed by atoms with Gasteiger partial charge in [0.15, 0.2) is 6.10 Å². The number of hydrogen-bond donors (Lipinski definition) is 1. The minimum atomic E-state index is -0.605. The molecule has 0 spiro atoms. The van der Waals surface area contributed by atoms with E-state index in [1.165, 1.54) is 0 Å². The molecule has 0 saturated carbocycles. The van der Waals surface area contributed by atoms with Crippen LogP contribution >= 0.6 is 0 Å². The molecule has 36 heavy (non-hydrogen) atoms. The molecule has 2 N–H and O–H groups in total. The number of hydroxylamine groups is 2. The van der Waals surface area contributed by atoms with Crippen LogP contribution in [0.3, 0.4) is 0 Å². The SMILES string of the molecule is CCc1cc2c(cc1C(=O)N(C(C)C)[C@@H]1CCCN(OC(=O)C(C)(C)C)C1)N(CCN)C(=O)[C@@H](C)O2. The molecule has 3 rings (SSSR count). The van der Waals surface area contributed by atoms with Gasteiger partial charge in [-0.05, 0) is 78.5 Å². The largest absolute Gasteiger partial charge is 0.479 e. The molecule has 2 amide bonds. The van der Waals surface area contributed by atoms with Crippen molar-refractivity contribution < 1.29 is 24.0 Å². The number of piperidine rings is 1. The average Bonchev–Trinajstić information content (AvgIpc) is 2.80. The molecule has 2 heterocycles. The molecular formula is C27H42N4O5. The first-order chi connectivity index (χ1) is 16.9. The second kappa shape index (κ2) is 11.2. The first kappa shape index (κ1) is 27.9. The van der Waals surface area contributed by atoms with Gasteiger partial charge >= 0.3 is 5.97 Å². The third-order valence-corrected chi connectivity index (χ3v) is 6.73. The fourth-order valence-electron chi connectivity index (χ4n) is 4.79. The smallest absolute Gasteiger partial charge is 0.330 e. The molecule has 1 aromatic rings. The predicted molar refractivity (Wildman–Crippen MR) is 139 cm³/mol. The van der Waals surface area contributed by atoms with Crippen molar-refractivity contribution in [3.8, 4) is 5.75 Å². The van der Waals surface area contributed by atoms with Gasteiger partial charge in [0.05, 0.1) is 17.6 Å². The van der Waals surface area contributed by atoms with E-state index in [2.05, 4.69) is 0 Å². The second-order valence-electron chi connectivity index (χ2n) is 11.0. The Balaban J connectivity index is 1.93. The molecule has 2 atom stereocenters. The first-order valence-electron chi connectivity index (χ1n) is 13.0. The summed E-state index contributed by atoms with van der Waals surface area (Å²) in [5, 5.41) is 1.69. The summed E-state index contributed by atoms with van der Waals surface area (Å²) in [6.07, 6.45) is 1.67. The van der Waals surface area contributed by atoms with Crippen LogP contribution in [0.15, 0.2) is 12.1 Å². The highest BCUT2D eigenvalue weighted by molar-refractivity contribution is 6.03. The van der Waals surface area contributed by atoms with Crippen molar-refractivity contribution in [2.24, 2.45) is 11.1 Å². The zero-order chi connectivity index (χ0) is 26.8. The summed E-state index contributed by atoms with van der Waals surface area (Å²) in [5.74, 6) is 0.0442. The normalized spacial score (nSPS) is 20.7. The Morgan fingerprint density at radius 3 is 2.56 bits per heavy atom. The number of anilines is 1. The standard InChI is InChI=1S/C27H42N4O5/c1-8-19-14-23-22(30(13-11-28)24(32)18(4)35-23)15-21(19)25(33)31(17(2)3)20-10-9-12-29(16-20)36-26(34)27(5,6)7/h14-15,17-18,20H,8-13,16,28H2,1-7H3/t18-,20-/m1/s1. The van der Waals surface area contributed by atoms with Crippen LogP contribution in [-0.4, -0.2) is 72.1 Å². The van der Waals surface area contributed by atoms with Crippen LogP contribution in [0.1, 0.15) is 77.2 Å². The number of carbonyl (C=O) groups is 3. The van der Waals surface area contributed by atoms with Crippen LogP contribution in [0.4, 0.5) is 5.69 Å². The number of amides is 2. The van der Waals surface area contributed by atoms with Crippen LogP contribution in [0.2, 0.25) is 0 Å². The van der Waals surface area contributed by atoms with Crippen molar-refractivity contribution in [1.29, 1.82) is 0 Å². The predicted octanol–water partition coefficient (Wildman–Crippen LogP) is 3.14. The van der Waals surface area contributed by atoms with E-state index in [-0.39, 0.29) is 29.9 Å². The molecule has 2 aliphatic heterocycles. The maximum Gasteiger partial charge on any atom is 0.330 e. The van der Waals surface area contributed by atoms with Gasteiger partial charge in [-0.15, -0.1) is 5.06 Å². The van der Waals surface area contributed by atoms with E-state index in [1.54, 1.807) is 23.0 Å². The minimum absolute atomic E-state index is 0.0699. The molecule has 0 aromatic heterocycles. The molecule has 1 saturated heterocycles. The summed E-state index contributed by atoms with van der Waals surface area (Å²) < 4.78 is 5.89. The van der Waals surface area contributed by atoms with Gasteiger partial charge in [-0.2, -0.15) is 0 Å². The lowest BCUT2D eigenvalue weighted by Crippen LogP contribution is -2.53. The first-order valence-corrected chi connectivity index (χ1v) is 13.0. The third kappa shape index (κ3) is 5.83. The average molecular weight is 503 g/mol. The molecule has 9 heteroatoms. The topological polar surface area (TPSA) is 105 Å². The molecule has 0 radical (unpaired) electrons. The zero-order valence-corrected chi connectivity index (χ0v) is 22.8. The number of nitrogens with two attached hydrogens (primary N) is 1. The van der Waals surface area contributed by atoms with Gasteiger partial charge in [0, 0.05) is 37.3 Å². The molecule has 2 aliphatic rings. The maximum atomic E-state index is 14.1. The molecule has 1 fully saturated rings. The summed E-state index contributed by atoms with van der Waals surface area (Å²) in [6.45, 7) is 14.9. The molecule has 1 aromatic carbocycles. The van der Waals surface area contributed by atoms with Crippen molar-refractivity contribution in [2.75, 3.05) is 31.1 Å². The number of rotatable bonds is 7. The van der Waals surface area contributed by atoms with E-state index in [1.807, 2.05) is 52.5 Å². The molecule has 0 bridgehead atoms. The fourth-order valence-corrected chi connectivity index (χ4v) is 4.79. The Hall–Kier alpha value is -2.65. The second-order valence-corrected chi connectivity index (χ2v) is 11.0. The van der Waals surface area contributed by atoms with Crippen molar-refractivity contribution in [1.82, 2.24) is 9.96 Å². The Morgan fingerprint density at radius 2 is 1.97 bits per heavy atom. The Labute approximate surface area is 214 Å². The molecular weight excluding hydrogens is 460 g/mol. The van der Waals surface area contributed by atoms with Gasteiger partial charge in [-0.3, -0.25) is 9.59 Å². The van der Waals surface area contributed by atoms with Gasteiger partial charge < -0.3 is 25.1 Å². The number of aryl methyl sites for hydroxylation is 1. The van der Waals surface area contributed by atoms with Crippen LogP contribution in [-0.2, 0) is 20.8 Å². The summed E-state index contributed by atoms with van der Waals surface area (Å²) in [7, 11) is 0. The van der Waals surface area contributed by atoms with E-state index in [0.29, 0.717) is 49.6 Å². The minimum Gasteiger partial charge on any atom is -0.479 e. The van der Waals surface area contributed by atoms with Crippen molar-refractivity contribution >= 4 is 23.5 Å². The third-order valence-electron chi connectivity index (χ3n) is 6.73. The zero-order valence-electron chi connectivity index (χ0n) is 22.8. The number of carbonyl (C=O) groups excluding carboxylic acids is 3. The molecule has 0 aliphatic carbocycles. The lowest BCUT2D eigenvalue weighted by atomic mass is 9.97. The number of fused-ring (bicyclic) bond motifs is 1. The van der Waals surface area contributed by atoms with Crippen LogP contribution < -0.4 is 15.4 Å². The summed E-state index contributed by atoms with van der Waals surface area (Å²) in [6, 6.07) is 3.48. The number of benzene rings is 1. The van der Waals surface area contributed by atoms with Gasteiger partial charge in [0.25, 0.3) is 11.8 Å². The maximum absolute atomic E-state index is 14.1. The number of ether oxygens (including phenoxy) is 1. The molecule has 9 nitrogen and oxygen atoms in total. The highest BCUT2D eigenvalue weighted by Gasteiger charge is 2.37. The Bertz CT molecular complexity index is 987. The van der Waals surface area contributed by atoms with Crippen molar-refractivity contribution in [2.45, 2.75) is 85.9 Å². The monoisotopic (exact) mass is 502 g/mol. The van der Waals surface area contributed by atoms with Gasteiger partial charge in [0.1, 0.15) is 5.75 Å². The Kier molecular flexibility index (Phi) is 8.67. The summed E-state index contributed by atoms with van der Waals surface area (Å²) in [5.41, 5.74) is 7.19. The van der Waals surface area contributed by atoms with Crippen LogP contribution in [0, 0.1) is 5.41 Å². The van der Waals surface area contributed by atoms with E-state index < -0.39 is 11.5 Å². The van der Waals surface area contributed by atoms with Crippen molar-refractivity contribution in [3.05, 3.63) is 23.3 Å². The fraction of sp³-hybridized carbons (Fsp3) is 0.667. The van der Waals surface area contributed by atoms with Crippen LogP contribution in [0.25, 0.3) is 0 Å². The lowest BCUT2D eigenvalue weighted by Gasteiger charge is -2.41. The van der Waals surface area contributed by atoms with E-state index in [4.69, 9.17) is 15.3 Å². The summed E-state index contributed by atoms with van der Waals surface area (Å²) in [4.78, 5) is 48.5. The quantitative estimate of drug-likeness (QED) is 0.611. The molecule has 0 unspecified atom stereocenters. The summed E-state index contributed by atoms with van der Waals surface area (Å²) >= 11 is 0. The lowest BCUT2D eigenvalue weighted by molar-refractivity contribution is -0.208. The van der Waals surface area contributed by atoms with E-state index >= 15 is 0 Å². The number of nitrogens with zero attached hydrogens (tertiary/aromatic N) is 3. The highest BCUT2D eigenvalue weighted by atomic mass is 16.7. The Morgan fingerprint density at radius 1 is 1.28 bits per heavy atom. The van der Waals surface area contributed by atoms with E-state index in [0.717, 1.165) is 18.4 Å².